The van der Waals surface area contributed by atoms with E-state index in [4.69, 9.17) is 0 Å². The van der Waals surface area contributed by atoms with Gasteiger partial charge in [0, 0.05) is 18.8 Å². The number of hydrogen-bond acceptors (Lipinski definition) is 3. The fraction of sp³-hybridized carbons (Fsp3) is 0.350. The molecular formula is C20H24N2O2. The summed E-state index contributed by atoms with van der Waals surface area (Å²) in [4.78, 5) is 14.6. The Morgan fingerprint density at radius 3 is 2.62 bits per heavy atom. The first kappa shape index (κ1) is 16.7. The van der Waals surface area contributed by atoms with Crippen molar-refractivity contribution in [1.29, 1.82) is 0 Å². The predicted molar refractivity (Wildman–Crippen MR) is 96.0 cm³/mol. The average Bonchev–Trinajstić information content (AvgIpc) is 3.03. The lowest BCUT2D eigenvalue weighted by Gasteiger charge is -2.23. The molecule has 2 aromatic carbocycles. The summed E-state index contributed by atoms with van der Waals surface area (Å²) in [6.45, 7) is 3.23. The Kier molecular flexibility index (Phi) is 5.28. The van der Waals surface area contributed by atoms with E-state index in [-0.39, 0.29) is 18.1 Å². The van der Waals surface area contributed by atoms with Crippen molar-refractivity contribution in [2.75, 3.05) is 18.4 Å². The molecule has 1 unspecified atom stereocenters. The Morgan fingerprint density at radius 1 is 1.21 bits per heavy atom. The van der Waals surface area contributed by atoms with Crippen molar-refractivity contribution in [2.45, 2.75) is 31.9 Å². The van der Waals surface area contributed by atoms with Crippen LogP contribution in [0.5, 0.6) is 0 Å². The maximum atomic E-state index is 12.6. The summed E-state index contributed by atoms with van der Waals surface area (Å²) >= 11 is 0. The number of aliphatic hydroxyl groups is 1. The second-order valence-corrected chi connectivity index (χ2v) is 6.42. The van der Waals surface area contributed by atoms with Crippen molar-refractivity contribution < 1.29 is 9.90 Å². The first-order valence-corrected chi connectivity index (χ1v) is 8.48. The number of benzene rings is 2. The quantitative estimate of drug-likeness (QED) is 0.889. The average molecular weight is 324 g/mol. The lowest BCUT2D eigenvalue weighted by Crippen LogP contribution is -2.41. The van der Waals surface area contributed by atoms with Gasteiger partial charge in [0.1, 0.15) is 0 Å². The number of aliphatic hydroxyl groups excluding tert-OH is 1. The minimum Gasteiger partial charge on any atom is -0.392 e. The summed E-state index contributed by atoms with van der Waals surface area (Å²) in [7, 11) is 0. The van der Waals surface area contributed by atoms with E-state index in [1.165, 1.54) is 5.56 Å². The Labute approximate surface area is 143 Å². The lowest BCUT2D eigenvalue weighted by atomic mass is 10.0. The van der Waals surface area contributed by atoms with Crippen molar-refractivity contribution >= 4 is 11.6 Å². The standard InChI is InChI=1S/C20H24N2O2/c1-15(22-12-11-18(23)14-22)20(24)21-19-10-6-5-9-17(19)13-16-7-3-2-4-8-16/h2-10,15,18,23H,11-14H2,1H3,(H,21,24)/t15?,18-/m0/s1. The molecule has 0 saturated carbocycles. The molecule has 1 aliphatic heterocycles. The number of nitrogens with zero attached hydrogens (tertiary/aromatic N) is 1. The molecule has 126 valence electrons. The number of hydrogen-bond donors (Lipinski definition) is 2. The van der Waals surface area contributed by atoms with Gasteiger partial charge < -0.3 is 10.4 Å². The molecule has 0 bridgehead atoms. The molecule has 2 N–H and O–H groups in total. The molecule has 0 aromatic heterocycles. The summed E-state index contributed by atoms with van der Waals surface area (Å²) in [6.07, 6.45) is 1.21. The van der Waals surface area contributed by atoms with Crippen LogP contribution in [0, 0.1) is 0 Å². The fourth-order valence-electron chi connectivity index (χ4n) is 3.14. The molecule has 4 heteroatoms. The van der Waals surface area contributed by atoms with Crippen LogP contribution in [0.2, 0.25) is 0 Å². The Morgan fingerprint density at radius 2 is 1.92 bits per heavy atom. The molecular weight excluding hydrogens is 300 g/mol. The molecule has 4 nitrogen and oxygen atoms in total. The number of likely N-dealkylation sites (tertiary alicyclic amines) is 1. The molecule has 1 heterocycles. The summed E-state index contributed by atoms with van der Waals surface area (Å²) in [5, 5.41) is 12.7. The SMILES string of the molecule is CC(C(=O)Nc1ccccc1Cc1ccccc1)N1CC[C@H](O)C1. The van der Waals surface area contributed by atoms with E-state index >= 15 is 0 Å². The predicted octanol–water partition coefficient (Wildman–Crippen LogP) is 2.67. The number of amides is 1. The Hall–Kier alpha value is -2.17. The largest absolute Gasteiger partial charge is 0.392 e. The zero-order chi connectivity index (χ0) is 16.9. The highest BCUT2D eigenvalue weighted by molar-refractivity contribution is 5.95. The van der Waals surface area contributed by atoms with E-state index in [2.05, 4.69) is 17.4 Å². The zero-order valence-corrected chi connectivity index (χ0v) is 14.0. The van der Waals surface area contributed by atoms with Gasteiger partial charge in [-0.15, -0.1) is 0 Å². The molecule has 1 aliphatic rings. The van der Waals surface area contributed by atoms with Gasteiger partial charge >= 0.3 is 0 Å². The number of carbonyl (C=O) groups is 1. The van der Waals surface area contributed by atoms with Crippen molar-refractivity contribution in [3.63, 3.8) is 0 Å². The third-order valence-corrected chi connectivity index (χ3v) is 4.63. The van der Waals surface area contributed by atoms with Gasteiger partial charge in [-0.1, -0.05) is 48.5 Å². The van der Waals surface area contributed by atoms with E-state index in [1.807, 2.05) is 54.3 Å². The molecule has 1 amide bonds. The normalized spacial score (nSPS) is 19.2. The third-order valence-electron chi connectivity index (χ3n) is 4.63. The number of para-hydroxylation sites is 1. The Bertz CT molecular complexity index is 687. The number of β-amino-alcohol motifs (C(OH)–C–C–N with tert-alkyl or cyclic N) is 1. The lowest BCUT2D eigenvalue weighted by molar-refractivity contribution is -0.120. The van der Waals surface area contributed by atoms with Crippen LogP contribution in [-0.4, -0.2) is 41.1 Å². The maximum absolute atomic E-state index is 12.6. The zero-order valence-electron chi connectivity index (χ0n) is 14.0. The maximum Gasteiger partial charge on any atom is 0.241 e. The van der Waals surface area contributed by atoms with Crippen LogP contribution in [0.25, 0.3) is 0 Å². The van der Waals surface area contributed by atoms with Crippen LogP contribution >= 0.6 is 0 Å². The molecule has 0 aliphatic carbocycles. The summed E-state index contributed by atoms with van der Waals surface area (Å²) in [5.41, 5.74) is 3.18. The minimum absolute atomic E-state index is 0.0235. The molecule has 1 fully saturated rings. The highest BCUT2D eigenvalue weighted by Crippen LogP contribution is 2.20. The van der Waals surface area contributed by atoms with Crippen molar-refractivity contribution in [2.24, 2.45) is 0 Å². The first-order chi connectivity index (χ1) is 11.6. The van der Waals surface area contributed by atoms with Crippen LogP contribution in [0.1, 0.15) is 24.5 Å². The minimum atomic E-state index is -0.314. The first-order valence-electron chi connectivity index (χ1n) is 8.48. The fourth-order valence-corrected chi connectivity index (χ4v) is 3.14. The third kappa shape index (κ3) is 4.02. The number of rotatable bonds is 5. The van der Waals surface area contributed by atoms with Gasteiger partial charge in [-0.05, 0) is 37.0 Å². The van der Waals surface area contributed by atoms with Gasteiger partial charge in [0.05, 0.1) is 12.1 Å². The second kappa shape index (κ2) is 7.60. The molecule has 3 rings (SSSR count). The van der Waals surface area contributed by atoms with Gasteiger partial charge in [-0.25, -0.2) is 0 Å². The molecule has 1 saturated heterocycles. The van der Waals surface area contributed by atoms with Crippen molar-refractivity contribution in [3.8, 4) is 0 Å². The van der Waals surface area contributed by atoms with E-state index in [0.717, 1.165) is 30.6 Å². The van der Waals surface area contributed by atoms with Crippen LogP contribution < -0.4 is 5.32 Å². The number of carbonyl (C=O) groups excluding carboxylic acids is 1. The van der Waals surface area contributed by atoms with E-state index < -0.39 is 0 Å². The summed E-state index contributed by atoms with van der Waals surface area (Å²) in [5.74, 6) is -0.0235. The van der Waals surface area contributed by atoms with Gasteiger partial charge in [-0.2, -0.15) is 0 Å². The molecule has 0 radical (unpaired) electrons. The van der Waals surface area contributed by atoms with E-state index in [0.29, 0.717) is 6.54 Å². The van der Waals surface area contributed by atoms with E-state index in [9.17, 15) is 9.90 Å². The molecule has 24 heavy (non-hydrogen) atoms. The van der Waals surface area contributed by atoms with Crippen molar-refractivity contribution in [1.82, 2.24) is 4.90 Å². The van der Waals surface area contributed by atoms with Gasteiger partial charge in [0.25, 0.3) is 0 Å². The smallest absolute Gasteiger partial charge is 0.241 e. The van der Waals surface area contributed by atoms with Crippen LogP contribution in [-0.2, 0) is 11.2 Å². The van der Waals surface area contributed by atoms with Crippen molar-refractivity contribution in [3.05, 3.63) is 65.7 Å². The monoisotopic (exact) mass is 324 g/mol. The highest BCUT2D eigenvalue weighted by Gasteiger charge is 2.28. The topological polar surface area (TPSA) is 52.6 Å². The summed E-state index contributed by atoms with van der Waals surface area (Å²) < 4.78 is 0. The van der Waals surface area contributed by atoms with Gasteiger partial charge in [0.2, 0.25) is 5.91 Å². The number of anilines is 1. The second-order valence-electron chi connectivity index (χ2n) is 6.42. The molecule has 0 spiro atoms. The van der Waals surface area contributed by atoms with Crippen LogP contribution in [0.3, 0.4) is 0 Å². The molecule has 2 aromatic rings. The molecule has 2 atom stereocenters. The summed E-state index contributed by atoms with van der Waals surface area (Å²) in [6, 6.07) is 17.9. The van der Waals surface area contributed by atoms with Crippen LogP contribution in [0.4, 0.5) is 5.69 Å². The van der Waals surface area contributed by atoms with Gasteiger partial charge in [-0.3, -0.25) is 9.69 Å². The van der Waals surface area contributed by atoms with Gasteiger partial charge in [0.15, 0.2) is 0 Å². The Balaban J connectivity index is 1.69. The highest BCUT2D eigenvalue weighted by atomic mass is 16.3. The van der Waals surface area contributed by atoms with Crippen LogP contribution in [0.15, 0.2) is 54.6 Å². The van der Waals surface area contributed by atoms with E-state index in [1.54, 1.807) is 0 Å². The number of nitrogens with one attached hydrogen (secondary N) is 1.